The Hall–Kier alpha value is -1.79. The van der Waals surface area contributed by atoms with Crippen molar-refractivity contribution in [3.63, 3.8) is 0 Å². The minimum atomic E-state index is -0.868. The molecule has 3 amide bonds. The van der Waals surface area contributed by atoms with E-state index in [1.165, 1.54) is 4.90 Å². The predicted molar refractivity (Wildman–Crippen MR) is 86.6 cm³/mol. The Bertz CT molecular complexity index is 584. The number of guanidine groups is 1. The second kappa shape index (κ2) is 7.84. The Kier molecular flexibility index (Phi) is 5.73. The van der Waals surface area contributed by atoms with Gasteiger partial charge in [0.15, 0.2) is 6.23 Å². The van der Waals surface area contributed by atoms with Crippen LogP contribution >= 0.6 is 0 Å². The van der Waals surface area contributed by atoms with Crippen LogP contribution in [-0.4, -0.2) is 78.8 Å². The first-order valence-corrected chi connectivity index (χ1v) is 8.56. The molecule has 0 aromatic heterocycles. The minimum absolute atomic E-state index is 0.0335. The molecule has 0 spiro atoms. The van der Waals surface area contributed by atoms with Gasteiger partial charge in [0.2, 0.25) is 11.9 Å². The zero-order chi connectivity index (χ0) is 18.8. The van der Waals surface area contributed by atoms with Crippen molar-refractivity contribution in [2.45, 2.75) is 51.8 Å². The maximum absolute atomic E-state index is 12.4. The molecule has 5 atom stereocenters. The highest BCUT2D eigenvalue weighted by Gasteiger charge is 2.55. The number of nitrogens with one attached hydrogen (secondary N) is 2. The number of hydrogen-bond acceptors (Lipinski definition) is 8. The van der Waals surface area contributed by atoms with E-state index < -0.39 is 37.0 Å². The van der Waals surface area contributed by atoms with Crippen LogP contribution in [0.3, 0.4) is 0 Å². The zero-order valence-electron chi connectivity index (χ0n) is 14.9. The summed E-state index contributed by atoms with van der Waals surface area (Å²) in [6.45, 7) is 4.49. The number of aliphatic hydroxyl groups is 1. The van der Waals surface area contributed by atoms with E-state index in [1.54, 1.807) is 20.8 Å². The average Bonchev–Trinajstić information content (AvgIpc) is 3.14. The second-order valence-corrected chi connectivity index (χ2v) is 6.39. The average molecular weight is 372 g/mol. The second-order valence-electron chi connectivity index (χ2n) is 6.39. The molecule has 11 nitrogen and oxygen atoms in total. The summed E-state index contributed by atoms with van der Waals surface area (Å²) >= 11 is 0. The number of carbonyl (C=O) groups excluding carboxylic acids is 2. The third-order valence-corrected chi connectivity index (χ3v) is 4.25. The number of amides is 3. The van der Waals surface area contributed by atoms with Crippen molar-refractivity contribution >= 4 is 17.9 Å². The van der Waals surface area contributed by atoms with E-state index in [2.05, 4.69) is 15.6 Å². The van der Waals surface area contributed by atoms with Crippen LogP contribution in [0.4, 0.5) is 4.79 Å². The lowest BCUT2D eigenvalue weighted by molar-refractivity contribution is -0.267. The van der Waals surface area contributed by atoms with E-state index in [1.807, 2.05) is 0 Å². The summed E-state index contributed by atoms with van der Waals surface area (Å²) in [6, 6.07) is -0.496. The number of nitrogens with zero attached hydrogens (tertiary/aromatic N) is 2. The van der Waals surface area contributed by atoms with Gasteiger partial charge in [0.25, 0.3) is 6.48 Å². The van der Waals surface area contributed by atoms with Crippen LogP contribution in [0.15, 0.2) is 4.99 Å². The Morgan fingerprint density at radius 3 is 2.77 bits per heavy atom. The molecule has 3 heterocycles. The zero-order valence-corrected chi connectivity index (χ0v) is 14.9. The van der Waals surface area contributed by atoms with Crippen molar-refractivity contribution in [2.75, 3.05) is 19.9 Å². The van der Waals surface area contributed by atoms with Crippen LogP contribution in [0.25, 0.3) is 0 Å². The van der Waals surface area contributed by atoms with Gasteiger partial charge in [-0.1, -0.05) is 13.8 Å². The Morgan fingerprint density at radius 2 is 2.15 bits per heavy atom. The van der Waals surface area contributed by atoms with Crippen LogP contribution < -0.4 is 10.6 Å². The first-order chi connectivity index (χ1) is 12.4. The van der Waals surface area contributed by atoms with Crippen LogP contribution in [-0.2, 0) is 23.7 Å². The van der Waals surface area contributed by atoms with E-state index in [4.69, 9.17) is 18.9 Å². The fraction of sp³-hybridized carbons (Fsp3) is 0.800. The van der Waals surface area contributed by atoms with Gasteiger partial charge in [-0.05, 0) is 6.92 Å². The van der Waals surface area contributed by atoms with E-state index in [-0.39, 0.29) is 31.1 Å². The Balaban J connectivity index is 1.68. The summed E-state index contributed by atoms with van der Waals surface area (Å²) < 4.78 is 22.3. The molecule has 26 heavy (non-hydrogen) atoms. The van der Waals surface area contributed by atoms with E-state index in [0.717, 1.165) is 0 Å². The van der Waals surface area contributed by atoms with Crippen molar-refractivity contribution < 1.29 is 33.6 Å². The summed E-state index contributed by atoms with van der Waals surface area (Å²) in [7, 11) is 0. The van der Waals surface area contributed by atoms with Gasteiger partial charge in [-0.15, -0.1) is 0 Å². The number of hydrogen-bond donors (Lipinski definition) is 3. The highest BCUT2D eigenvalue weighted by Crippen LogP contribution is 2.35. The molecule has 3 rings (SSSR count). The first kappa shape index (κ1) is 19.0. The predicted octanol–water partition coefficient (Wildman–Crippen LogP) is -1.08. The molecule has 3 unspecified atom stereocenters. The Labute approximate surface area is 150 Å². The lowest BCUT2D eigenvalue weighted by Crippen LogP contribution is -2.58. The molecule has 3 aliphatic heterocycles. The van der Waals surface area contributed by atoms with Gasteiger partial charge in [0.1, 0.15) is 25.0 Å². The fourth-order valence-corrected chi connectivity index (χ4v) is 2.87. The molecule has 2 fully saturated rings. The fourth-order valence-electron chi connectivity index (χ4n) is 2.87. The summed E-state index contributed by atoms with van der Waals surface area (Å²) in [4.78, 5) is 29.6. The molecule has 3 N–H and O–H groups in total. The van der Waals surface area contributed by atoms with E-state index in [0.29, 0.717) is 6.61 Å². The number of ether oxygens (including phenoxy) is 4. The van der Waals surface area contributed by atoms with Gasteiger partial charge in [0.05, 0.1) is 6.61 Å². The topological polar surface area (TPSA) is 131 Å². The third-order valence-electron chi connectivity index (χ3n) is 4.25. The number of aliphatic imine (C=N–C) groups is 1. The smallest absolute Gasteiger partial charge is 0.327 e. The van der Waals surface area contributed by atoms with E-state index >= 15 is 0 Å². The van der Waals surface area contributed by atoms with Gasteiger partial charge in [0, 0.05) is 12.5 Å². The van der Waals surface area contributed by atoms with Gasteiger partial charge in [-0.25, -0.2) is 9.79 Å². The standard InChI is InChI=1S/C15H24N4O7/c1-4-23-15-25-9-8(5-20)24-12(10(9)26-15)19-6-16-13(18-14(19)22)17-11(21)7(2)3/h7-10,12,15,20H,4-6H2,1-3H3,(H2,16,17,18,21,22)/t8-,9?,10?,12-,15?/m1/s1. The highest BCUT2D eigenvalue weighted by molar-refractivity contribution is 6.05. The van der Waals surface area contributed by atoms with Crippen molar-refractivity contribution in [1.29, 1.82) is 0 Å². The van der Waals surface area contributed by atoms with Crippen molar-refractivity contribution in [2.24, 2.45) is 10.9 Å². The van der Waals surface area contributed by atoms with Crippen LogP contribution in [0, 0.1) is 5.92 Å². The SMILES string of the molecule is CCOC1OC2C(O1)[C@@H](CO)O[C@H]2N1CN=C(NC(=O)C(C)C)NC1=O. The van der Waals surface area contributed by atoms with Crippen LogP contribution in [0.2, 0.25) is 0 Å². The van der Waals surface area contributed by atoms with Crippen LogP contribution in [0.1, 0.15) is 20.8 Å². The lowest BCUT2D eigenvalue weighted by atomic mass is 10.1. The highest BCUT2D eigenvalue weighted by atomic mass is 16.9. The van der Waals surface area contributed by atoms with Crippen molar-refractivity contribution in [3.05, 3.63) is 0 Å². The molecular weight excluding hydrogens is 348 g/mol. The molecule has 0 aromatic rings. The molecule has 11 heteroatoms. The van der Waals surface area contributed by atoms with Gasteiger partial charge >= 0.3 is 6.03 Å². The maximum Gasteiger partial charge on any atom is 0.327 e. The summed E-state index contributed by atoms with van der Waals surface area (Å²) in [5.74, 6) is -0.396. The number of aliphatic hydroxyl groups excluding tert-OH is 1. The number of rotatable bonds is 5. The third kappa shape index (κ3) is 3.67. The monoisotopic (exact) mass is 372 g/mol. The molecule has 0 saturated carbocycles. The number of fused-ring (bicyclic) bond motifs is 1. The molecule has 3 aliphatic rings. The molecular formula is C15H24N4O7. The molecule has 0 bridgehead atoms. The van der Waals surface area contributed by atoms with Crippen LogP contribution in [0.5, 0.6) is 0 Å². The van der Waals surface area contributed by atoms with E-state index in [9.17, 15) is 14.7 Å². The van der Waals surface area contributed by atoms with Gasteiger partial charge in [-0.2, -0.15) is 0 Å². The molecule has 2 saturated heterocycles. The normalized spacial score (nSPS) is 33.9. The largest absolute Gasteiger partial charge is 0.394 e. The number of carbonyl (C=O) groups is 2. The van der Waals surface area contributed by atoms with Gasteiger partial charge in [-0.3, -0.25) is 20.3 Å². The number of urea groups is 1. The van der Waals surface area contributed by atoms with Crippen molar-refractivity contribution in [1.82, 2.24) is 15.5 Å². The lowest BCUT2D eigenvalue weighted by Gasteiger charge is -2.33. The Morgan fingerprint density at radius 1 is 1.42 bits per heavy atom. The first-order valence-electron chi connectivity index (χ1n) is 8.56. The summed E-state index contributed by atoms with van der Waals surface area (Å²) in [6.07, 6.45) is -2.61. The minimum Gasteiger partial charge on any atom is -0.394 e. The maximum atomic E-state index is 12.4. The van der Waals surface area contributed by atoms with Crippen molar-refractivity contribution in [3.8, 4) is 0 Å². The summed E-state index contributed by atoms with van der Waals surface area (Å²) in [5, 5.41) is 14.6. The molecule has 0 radical (unpaired) electrons. The summed E-state index contributed by atoms with van der Waals surface area (Å²) in [5.41, 5.74) is 0. The molecule has 0 aliphatic carbocycles. The molecule has 0 aromatic carbocycles. The molecule has 146 valence electrons. The quantitative estimate of drug-likeness (QED) is 0.559. The van der Waals surface area contributed by atoms with Gasteiger partial charge < -0.3 is 24.1 Å².